The molecule has 20 heavy (non-hydrogen) atoms. The fraction of sp³-hybridized carbons (Fsp3) is 0. The Kier molecular flexibility index (Phi) is 2.67. The van der Waals surface area contributed by atoms with Gasteiger partial charge in [-0.25, -0.2) is 23.1 Å². The molecule has 2 aromatic heterocycles. The molecule has 100 valence electrons. The molecule has 3 aromatic rings. The summed E-state index contributed by atoms with van der Waals surface area (Å²) in [6, 6.07) is 4.46. The smallest absolute Gasteiger partial charge is 0.341 e. The van der Waals surface area contributed by atoms with Crippen LogP contribution in [0.5, 0.6) is 0 Å². The summed E-state index contributed by atoms with van der Waals surface area (Å²) in [6.45, 7) is 0. The van der Waals surface area contributed by atoms with Crippen LogP contribution in [-0.2, 0) is 0 Å². The average molecular weight is 275 g/mol. The number of carboxylic acids is 1. The van der Waals surface area contributed by atoms with Crippen molar-refractivity contribution in [3.05, 3.63) is 53.9 Å². The SMILES string of the molecule is O=C(O)c1cnn2c(-c3cc(F)ccc3F)ccnc12. The van der Waals surface area contributed by atoms with Gasteiger partial charge in [-0.3, -0.25) is 0 Å². The van der Waals surface area contributed by atoms with Crippen LogP contribution >= 0.6 is 0 Å². The van der Waals surface area contributed by atoms with Crippen molar-refractivity contribution >= 4 is 11.6 Å². The summed E-state index contributed by atoms with van der Waals surface area (Å²) in [5.41, 5.74) is 0.166. The van der Waals surface area contributed by atoms with Gasteiger partial charge in [0, 0.05) is 11.8 Å². The first-order chi connectivity index (χ1) is 9.58. The fourth-order valence-electron chi connectivity index (χ4n) is 1.94. The van der Waals surface area contributed by atoms with Gasteiger partial charge in [0.15, 0.2) is 5.65 Å². The molecule has 0 atom stereocenters. The minimum atomic E-state index is -1.19. The molecule has 0 aliphatic heterocycles. The number of fused-ring (bicyclic) bond motifs is 1. The number of aromatic carboxylic acids is 1. The molecule has 1 N–H and O–H groups in total. The summed E-state index contributed by atoms with van der Waals surface area (Å²) in [5, 5.41) is 12.9. The summed E-state index contributed by atoms with van der Waals surface area (Å²) in [6.07, 6.45) is 2.44. The quantitative estimate of drug-likeness (QED) is 0.779. The molecule has 0 saturated heterocycles. The predicted octanol–water partition coefficient (Wildman–Crippen LogP) is 2.37. The van der Waals surface area contributed by atoms with Crippen molar-refractivity contribution in [2.75, 3.05) is 0 Å². The van der Waals surface area contributed by atoms with Gasteiger partial charge < -0.3 is 5.11 Å². The Bertz CT molecular complexity index is 830. The number of rotatable bonds is 2. The van der Waals surface area contributed by atoms with Gasteiger partial charge in [0.1, 0.15) is 17.2 Å². The van der Waals surface area contributed by atoms with Crippen LogP contribution in [0.4, 0.5) is 8.78 Å². The van der Waals surface area contributed by atoms with E-state index in [-0.39, 0.29) is 22.5 Å². The van der Waals surface area contributed by atoms with Gasteiger partial charge >= 0.3 is 5.97 Å². The first-order valence-corrected chi connectivity index (χ1v) is 5.59. The molecule has 0 fully saturated rings. The van der Waals surface area contributed by atoms with Gasteiger partial charge in [-0.15, -0.1) is 0 Å². The number of hydrogen-bond donors (Lipinski definition) is 1. The van der Waals surface area contributed by atoms with E-state index < -0.39 is 17.6 Å². The number of aromatic nitrogens is 3. The lowest BCUT2D eigenvalue weighted by atomic mass is 10.1. The van der Waals surface area contributed by atoms with Crippen molar-refractivity contribution in [2.45, 2.75) is 0 Å². The summed E-state index contributed by atoms with van der Waals surface area (Å²) in [4.78, 5) is 14.9. The third-order valence-corrected chi connectivity index (χ3v) is 2.84. The highest BCUT2D eigenvalue weighted by Gasteiger charge is 2.16. The van der Waals surface area contributed by atoms with Crippen molar-refractivity contribution in [3.8, 4) is 11.3 Å². The second kappa shape index (κ2) is 4.37. The Hall–Kier alpha value is -2.83. The Morgan fingerprint density at radius 2 is 2.05 bits per heavy atom. The standard InChI is InChI=1S/C13H7F2N3O2/c14-7-1-2-10(15)8(5-7)11-3-4-16-12-9(13(19)20)6-17-18(11)12/h1-6H,(H,19,20). The predicted molar refractivity (Wildman–Crippen MR) is 65.3 cm³/mol. The molecule has 2 heterocycles. The van der Waals surface area contributed by atoms with Gasteiger partial charge in [0.25, 0.3) is 0 Å². The van der Waals surface area contributed by atoms with Gasteiger partial charge in [-0.05, 0) is 24.3 Å². The second-order valence-corrected chi connectivity index (χ2v) is 4.05. The monoisotopic (exact) mass is 275 g/mol. The maximum Gasteiger partial charge on any atom is 0.341 e. The number of carbonyl (C=O) groups is 1. The topological polar surface area (TPSA) is 67.5 Å². The first kappa shape index (κ1) is 12.2. The highest BCUT2D eigenvalue weighted by atomic mass is 19.1. The fourth-order valence-corrected chi connectivity index (χ4v) is 1.94. The normalized spacial score (nSPS) is 10.9. The Labute approximate surface area is 111 Å². The molecule has 0 aliphatic rings. The van der Waals surface area contributed by atoms with E-state index in [1.807, 2.05) is 0 Å². The van der Waals surface area contributed by atoms with Crippen LogP contribution in [-0.4, -0.2) is 25.7 Å². The van der Waals surface area contributed by atoms with E-state index in [2.05, 4.69) is 10.1 Å². The lowest BCUT2D eigenvalue weighted by Crippen LogP contribution is -2.00. The molecule has 5 nitrogen and oxygen atoms in total. The van der Waals surface area contributed by atoms with E-state index in [1.54, 1.807) is 0 Å². The van der Waals surface area contributed by atoms with E-state index in [0.29, 0.717) is 0 Å². The zero-order chi connectivity index (χ0) is 14.3. The molecule has 0 amide bonds. The molecule has 7 heteroatoms. The lowest BCUT2D eigenvalue weighted by Gasteiger charge is -2.06. The number of nitrogens with zero attached hydrogens (tertiary/aromatic N) is 3. The second-order valence-electron chi connectivity index (χ2n) is 4.05. The van der Waals surface area contributed by atoms with Gasteiger partial charge in [-0.1, -0.05) is 0 Å². The first-order valence-electron chi connectivity index (χ1n) is 5.59. The minimum absolute atomic E-state index is 0.0163. The maximum absolute atomic E-state index is 13.8. The maximum atomic E-state index is 13.8. The Morgan fingerprint density at radius 1 is 1.25 bits per heavy atom. The zero-order valence-electron chi connectivity index (χ0n) is 9.92. The average Bonchev–Trinajstić information content (AvgIpc) is 2.85. The number of hydrogen-bond acceptors (Lipinski definition) is 3. The lowest BCUT2D eigenvalue weighted by molar-refractivity contribution is 0.0699. The molecule has 3 rings (SSSR count). The molecular weight excluding hydrogens is 268 g/mol. The number of benzene rings is 1. The van der Waals surface area contributed by atoms with Crippen molar-refractivity contribution in [2.24, 2.45) is 0 Å². The van der Waals surface area contributed by atoms with Crippen LogP contribution in [0.2, 0.25) is 0 Å². The van der Waals surface area contributed by atoms with E-state index >= 15 is 0 Å². The molecule has 0 saturated carbocycles. The van der Waals surface area contributed by atoms with Crippen LogP contribution in [0.25, 0.3) is 16.9 Å². The molecule has 0 spiro atoms. The van der Waals surface area contributed by atoms with Crippen molar-refractivity contribution < 1.29 is 18.7 Å². The molecule has 0 radical (unpaired) electrons. The largest absolute Gasteiger partial charge is 0.477 e. The highest BCUT2D eigenvalue weighted by Crippen LogP contribution is 2.24. The van der Waals surface area contributed by atoms with Crippen molar-refractivity contribution in [3.63, 3.8) is 0 Å². The van der Waals surface area contributed by atoms with Gasteiger partial charge in [-0.2, -0.15) is 5.10 Å². The highest BCUT2D eigenvalue weighted by molar-refractivity contribution is 5.94. The van der Waals surface area contributed by atoms with Gasteiger partial charge in [0.05, 0.1) is 11.9 Å². The van der Waals surface area contributed by atoms with Crippen LogP contribution in [0.3, 0.4) is 0 Å². The summed E-state index contributed by atoms with van der Waals surface area (Å²) < 4.78 is 28.2. The van der Waals surface area contributed by atoms with Crippen LogP contribution in [0.1, 0.15) is 10.4 Å². The summed E-state index contributed by atoms with van der Waals surface area (Å²) in [7, 11) is 0. The van der Waals surface area contributed by atoms with Crippen molar-refractivity contribution in [1.29, 1.82) is 0 Å². The number of carboxylic acid groups (broad SMARTS) is 1. The molecule has 1 aromatic carbocycles. The van der Waals surface area contributed by atoms with E-state index in [1.165, 1.54) is 16.8 Å². The van der Waals surface area contributed by atoms with E-state index in [9.17, 15) is 13.6 Å². The zero-order valence-corrected chi connectivity index (χ0v) is 9.92. The summed E-state index contributed by atoms with van der Waals surface area (Å²) >= 11 is 0. The third kappa shape index (κ3) is 1.80. The van der Waals surface area contributed by atoms with E-state index in [4.69, 9.17) is 5.11 Å². The van der Waals surface area contributed by atoms with Gasteiger partial charge in [0.2, 0.25) is 0 Å². The Balaban J connectivity index is 2.32. The third-order valence-electron chi connectivity index (χ3n) is 2.84. The molecular formula is C13H7F2N3O2. The molecule has 0 aliphatic carbocycles. The van der Waals surface area contributed by atoms with Crippen LogP contribution in [0.15, 0.2) is 36.7 Å². The Morgan fingerprint density at radius 3 is 2.80 bits per heavy atom. The van der Waals surface area contributed by atoms with Crippen molar-refractivity contribution in [1.82, 2.24) is 14.6 Å². The molecule has 0 bridgehead atoms. The minimum Gasteiger partial charge on any atom is -0.477 e. The van der Waals surface area contributed by atoms with Crippen LogP contribution < -0.4 is 0 Å². The molecule has 0 unspecified atom stereocenters. The van der Waals surface area contributed by atoms with E-state index in [0.717, 1.165) is 24.4 Å². The summed E-state index contributed by atoms with van der Waals surface area (Å²) in [5.74, 6) is -2.42. The number of halogens is 2. The van der Waals surface area contributed by atoms with Crippen LogP contribution in [0, 0.1) is 11.6 Å².